The lowest BCUT2D eigenvalue weighted by Gasteiger charge is -2.56. The number of ether oxygens (including phenoxy) is 2. The number of carbonyl (C=O) groups excluding carboxylic acids is 1. The van der Waals surface area contributed by atoms with E-state index in [0.717, 1.165) is 30.8 Å². The number of carbonyl (C=O) groups is 1. The van der Waals surface area contributed by atoms with E-state index >= 15 is 0 Å². The number of nitrogens with zero attached hydrogens (tertiary/aromatic N) is 2. The summed E-state index contributed by atoms with van der Waals surface area (Å²) in [6, 6.07) is 0. The molecule has 0 aromatic rings. The van der Waals surface area contributed by atoms with Crippen LogP contribution in [0.25, 0.3) is 0 Å². The van der Waals surface area contributed by atoms with Gasteiger partial charge in [-0.15, -0.1) is 0 Å². The van der Waals surface area contributed by atoms with Crippen LogP contribution in [0, 0.1) is 17.8 Å². The molecule has 0 aromatic carbocycles. The van der Waals surface area contributed by atoms with Crippen molar-refractivity contribution in [1.29, 1.82) is 0 Å². The van der Waals surface area contributed by atoms with Crippen molar-refractivity contribution in [2.24, 2.45) is 17.8 Å². The summed E-state index contributed by atoms with van der Waals surface area (Å²) in [5.41, 5.74) is 0.0678. The average molecular weight is 367 g/mol. The van der Waals surface area contributed by atoms with Gasteiger partial charge in [0, 0.05) is 32.7 Å². The molecule has 4 saturated carbocycles. The topological polar surface area (TPSA) is 62.2 Å². The smallest absolute Gasteiger partial charge is 0.409 e. The van der Waals surface area contributed by atoms with Crippen LogP contribution in [-0.4, -0.2) is 78.6 Å². The number of aliphatic hydroxyl groups excluding tert-OH is 1. The Hall–Kier alpha value is -0.850. The van der Waals surface area contributed by atoms with Crippen LogP contribution in [-0.2, 0) is 9.47 Å². The number of rotatable bonds is 6. The second-order valence-corrected chi connectivity index (χ2v) is 9.05. The zero-order valence-electron chi connectivity index (χ0n) is 16.1. The predicted molar refractivity (Wildman–Crippen MR) is 97.9 cm³/mol. The minimum Gasteiger partial charge on any atom is -0.450 e. The fourth-order valence-corrected chi connectivity index (χ4v) is 6.16. The minimum absolute atomic E-state index is 0.0678. The van der Waals surface area contributed by atoms with Crippen molar-refractivity contribution in [3.05, 3.63) is 0 Å². The molecule has 4 bridgehead atoms. The first-order valence-corrected chi connectivity index (χ1v) is 10.5. The Bertz CT molecular complexity index is 469. The Morgan fingerprint density at radius 1 is 1.08 bits per heavy atom. The summed E-state index contributed by atoms with van der Waals surface area (Å²) in [7, 11) is 0. The molecule has 0 radical (unpaired) electrons. The van der Waals surface area contributed by atoms with Crippen LogP contribution in [0.4, 0.5) is 4.79 Å². The summed E-state index contributed by atoms with van der Waals surface area (Å²) < 4.78 is 11.4. The number of piperazine rings is 1. The summed E-state index contributed by atoms with van der Waals surface area (Å²) in [5.74, 6) is 2.61. The van der Waals surface area contributed by atoms with Gasteiger partial charge in [0.05, 0.1) is 24.9 Å². The van der Waals surface area contributed by atoms with Gasteiger partial charge in [-0.05, 0) is 63.2 Å². The molecule has 6 nitrogen and oxygen atoms in total. The molecule has 1 aliphatic heterocycles. The van der Waals surface area contributed by atoms with Crippen molar-refractivity contribution in [1.82, 2.24) is 9.80 Å². The number of aliphatic hydroxyl groups is 1. The van der Waals surface area contributed by atoms with Gasteiger partial charge < -0.3 is 19.5 Å². The monoisotopic (exact) mass is 366 g/mol. The molecular weight excluding hydrogens is 332 g/mol. The lowest BCUT2D eigenvalue weighted by atomic mass is 9.54. The van der Waals surface area contributed by atoms with Crippen LogP contribution in [0.2, 0.25) is 0 Å². The third kappa shape index (κ3) is 4.02. The van der Waals surface area contributed by atoms with E-state index in [-0.39, 0.29) is 11.7 Å². The first kappa shape index (κ1) is 18.5. The largest absolute Gasteiger partial charge is 0.450 e. The number of hydrogen-bond acceptors (Lipinski definition) is 5. The summed E-state index contributed by atoms with van der Waals surface area (Å²) in [6.45, 7) is 6.23. The van der Waals surface area contributed by atoms with Crippen LogP contribution < -0.4 is 0 Å². The quantitative estimate of drug-likeness (QED) is 0.780. The molecule has 0 spiro atoms. The molecule has 6 heteroatoms. The van der Waals surface area contributed by atoms with Crippen molar-refractivity contribution in [2.45, 2.75) is 57.2 Å². The first-order valence-electron chi connectivity index (χ1n) is 10.5. The molecule has 5 fully saturated rings. The SMILES string of the molecule is CCOC(=O)N1CCN(CC(O)COC23CC4CC(CC(C4)C2)C3)CC1. The van der Waals surface area contributed by atoms with E-state index in [1.165, 1.54) is 38.5 Å². The second kappa shape index (κ2) is 7.64. The fraction of sp³-hybridized carbons (Fsp3) is 0.950. The number of amides is 1. The Labute approximate surface area is 156 Å². The molecule has 5 rings (SSSR count). The van der Waals surface area contributed by atoms with Crippen LogP contribution in [0.1, 0.15) is 45.4 Å². The highest BCUT2D eigenvalue weighted by molar-refractivity contribution is 5.67. The van der Waals surface area contributed by atoms with Crippen molar-refractivity contribution < 1.29 is 19.4 Å². The maximum absolute atomic E-state index is 11.8. The molecule has 1 amide bonds. The van der Waals surface area contributed by atoms with E-state index < -0.39 is 6.10 Å². The molecule has 5 aliphatic rings. The molecule has 26 heavy (non-hydrogen) atoms. The average Bonchev–Trinajstić information content (AvgIpc) is 2.60. The highest BCUT2D eigenvalue weighted by Gasteiger charge is 2.51. The summed E-state index contributed by atoms with van der Waals surface area (Å²) >= 11 is 0. The normalized spacial score (nSPS) is 37.8. The van der Waals surface area contributed by atoms with Crippen LogP contribution in [0.5, 0.6) is 0 Å². The van der Waals surface area contributed by atoms with Gasteiger partial charge in [-0.2, -0.15) is 0 Å². The van der Waals surface area contributed by atoms with E-state index in [1.807, 2.05) is 6.92 Å². The number of β-amino-alcohol motifs (C(OH)–C–C–N with tert-alkyl or cyclic N) is 1. The Balaban J connectivity index is 1.19. The van der Waals surface area contributed by atoms with Gasteiger partial charge in [-0.1, -0.05) is 0 Å². The van der Waals surface area contributed by atoms with Gasteiger partial charge in [-0.25, -0.2) is 4.79 Å². The standard InChI is InChI=1S/C20H34N2O4/c1-2-25-19(24)22-5-3-21(4-6-22)13-18(23)14-26-20-10-15-7-16(11-20)9-17(8-15)12-20/h15-18,23H,2-14H2,1H3. The van der Waals surface area contributed by atoms with Crippen LogP contribution >= 0.6 is 0 Å². The summed E-state index contributed by atoms with van der Waals surface area (Å²) in [5, 5.41) is 10.5. The summed E-state index contributed by atoms with van der Waals surface area (Å²) in [4.78, 5) is 15.7. The van der Waals surface area contributed by atoms with Gasteiger partial charge in [0.25, 0.3) is 0 Å². The van der Waals surface area contributed by atoms with E-state index in [2.05, 4.69) is 4.90 Å². The lowest BCUT2D eigenvalue weighted by Crippen LogP contribution is -2.54. The molecule has 1 N–H and O–H groups in total. The van der Waals surface area contributed by atoms with Crippen molar-refractivity contribution in [3.8, 4) is 0 Å². The van der Waals surface area contributed by atoms with Crippen molar-refractivity contribution >= 4 is 6.09 Å². The van der Waals surface area contributed by atoms with Crippen LogP contribution in [0.15, 0.2) is 0 Å². The van der Waals surface area contributed by atoms with E-state index in [4.69, 9.17) is 9.47 Å². The molecule has 1 unspecified atom stereocenters. The van der Waals surface area contributed by atoms with Crippen molar-refractivity contribution in [3.63, 3.8) is 0 Å². The van der Waals surface area contributed by atoms with Gasteiger partial charge >= 0.3 is 6.09 Å². The van der Waals surface area contributed by atoms with E-state index in [0.29, 0.717) is 32.8 Å². The zero-order chi connectivity index (χ0) is 18.1. The highest BCUT2D eigenvalue weighted by Crippen LogP contribution is 2.57. The zero-order valence-corrected chi connectivity index (χ0v) is 16.1. The third-order valence-electron chi connectivity index (χ3n) is 6.93. The molecule has 1 atom stereocenters. The maximum atomic E-state index is 11.8. The van der Waals surface area contributed by atoms with Gasteiger partial charge in [-0.3, -0.25) is 4.90 Å². The Morgan fingerprint density at radius 3 is 2.19 bits per heavy atom. The highest BCUT2D eigenvalue weighted by atomic mass is 16.6. The molecule has 4 aliphatic carbocycles. The first-order chi connectivity index (χ1) is 12.5. The van der Waals surface area contributed by atoms with Gasteiger partial charge in [0.2, 0.25) is 0 Å². The Kier molecular flexibility index (Phi) is 5.44. The second-order valence-electron chi connectivity index (χ2n) is 9.05. The molecule has 1 heterocycles. The van der Waals surface area contributed by atoms with E-state index in [9.17, 15) is 9.90 Å². The minimum atomic E-state index is -0.447. The van der Waals surface area contributed by atoms with Crippen molar-refractivity contribution in [2.75, 3.05) is 45.9 Å². The third-order valence-corrected chi connectivity index (χ3v) is 6.93. The lowest BCUT2D eigenvalue weighted by molar-refractivity contribution is -0.176. The fourth-order valence-electron chi connectivity index (χ4n) is 6.16. The maximum Gasteiger partial charge on any atom is 0.409 e. The molecule has 148 valence electrons. The van der Waals surface area contributed by atoms with Gasteiger partial charge in [0.15, 0.2) is 0 Å². The van der Waals surface area contributed by atoms with Crippen LogP contribution in [0.3, 0.4) is 0 Å². The Morgan fingerprint density at radius 2 is 1.65 bits per heavy atom. The summed E-state index contributed by atoms with van der Waals surface area (Å²) in [6.07, 6.45) is 7.20. The number of hydrogen-bond donors (Lipinski definition) is 1. The molecule has 0 aromatic heterocycles. The molecular formula is C20H34N2O4. The predicted octanol–water partition coefficient (Wildman–Crippen LogP) is 2.11. The van der Waals surface area contributed by atoms with E-state index in [1.54, 1.807) is 4.90 Å². The van der Waals surface area contributed by atoms with Gasteiger partial charge in [0.1, 0.15) is 0 Å². The molecule has 1 saturated heterocycles.